The van der Waals surface area contributed by atoms with E-state index in [2.05, 4.69) is 30.2 Å². The van der Waals surface area contributed by atoms with Gasteiger partial charge in [-0.15, -0.1) is 11.3 Å². The molecule has 4 rings (SSSR count). The predicted molar refractivity (Wildman–Crippen MR) is 105 cm³/mol. The Hall–Kier alpha value is -2.72. The molecule has 0 unspecified atom stereocenters. The van der Waals surface area contributed by atoms with Gasteiger partial charge in [0.05, 0.1) is 23.9 Å². The van der Waals surface area contributed by atoms with Gasteiger partial charge < -0.3 is 10.2 Å². The number of fused-ring (bicyclic) bond motifs is 1. The lowest BCUT2D eigenvalue weighted by Crippen LogP contribution is -2.31. The zero-order valence-electron chi connectivity index (χ0n) is 15.8. The largest absolute Gasteiger partial charge is 0.348 e. The van der Waals surface area contributed by atoms with Gasteiger partial charge in [-0.2, -0.15) is 4.98 Å². The van der Waals surface area contributed by atoms with Crippen LogP contribution in [0.1, 0.15) is 34.0 Å². The third-order valence-corrected chi connectivity index (χ3v) is 5.55. The minimum atomic E-state index is -0.410. The number of carbonyl (C=O) groups excluding carboxylic acids is 1. The summed E-state index contributed by atoms with van der Waals surface area (Å²) in [6, 6.07) is 1.11. The molecule has 28 heavy (non-hydrogen) atoms. The summed E-state index contributed by atoms with van der Waals surface area (Å²) in [7, 11) is 1.97. The summed E-state index contributed by atoms with van der Waals surface area (Å²) >= 11 is 1.41. The number of hydrogen-bond donors (Lipinski definition) is 1. The van der Waals surface area contributed by atoms with Crippen molar-refractivity contribution in [3.63, 3.8) is 0 Å². The fourth-order valence-electron chi connectivity index (χ4n) is 3.12. The van der Waals surface area contributed by atoms with Crippen molar-refractivity contribution in [1.29, 1.82) is 0 Å². The standard InChI is InChI=1S/C18H20FN7OS/c1-10(12-6-13(19)8-20-7-12)21-18-23-14(15-16(24-18)22-11(2)28-15)17(27)26-5-4-25(3)9-26/h6-8,10H,4-5,9H2,1-3H3,(H,21,23,24)/t10-/m0/s1. The fourth-order valence-corrected chi connectivity index (χ4v) is 3.96. The van der Waals surface area contributed by atoms with Crippen LogP contribution in [0.5, 0.6) is 0 Å². The van der Waals surface area contributed by atoms with E-state index < -0.39 is 5.82 Å². The van der Waals surface area contributed by atoms with Crippen LogP contribution in [-0.4, -0.2) is 62.4 Å². The maximum Gasteiger partial charge on any atom is 0.275 e. The summed E-state index contributed by atoms with van der Waals surface area (Å²) in [5.41, 5.74) is 1.49. The summed E-state index contributed by atoms with van der Waals surface area (Å²) in [4.78, 5) is 34.2. The third kappa shape index (κ3) is 3.65. The number of halogens is 1. The van der Waals surface area contributed by atoms with E-state index in [0.29, 0.717) is 34.8 Å². The number of likely N-dealkylation sites (N-methyl/N-ethyl adjacent to an activating group) is 1. The van der Waals surface area contributed by atoms with Crippen molar-refractivity contribution >= 4 is 33.5 Å². The first-order chi connectivity index (χ1) is 13.4. The molecule has 0 aliphatic carbocycles. The first-order valence-electron chi connectivity index (χ1n) is 8.90. The molecule has 0 bridgehead atoms. The van der Waals surface area contributed by atoms with E-state index in [1.807, 2.05) is 20.9 Å². The van der Waals surface area contributed by atoms with Gasteiger partial charge in [-0.25, -0.2) is 14.4 Å². The molecular weight excluding hydrogens is 381 g/mol. The van der Waals surface area contributed by atoms with E-state index in [0.717, 1.165) is 17.7 Å². The van der Waals surface area contributed by atoms with E-state index in [1.165, 1.54) is 17.4 Å². The molecule has 3 aromatic heterocycles. The molecule has 146 valence electrons. The van der Waals surface area contributed by atoms with Crippen LogP contribution in [0.4, 0.5) is 10.3 Å². The van der Waals surface area contributed by atoms with Gasteiger partial charge in [0.25, 0.3) is 5.91 Å². The maximum atomic E-state index is 13.5. The Morgan fingerprint density at radius 3 is 2.82 bits per heavy atom. The third-order valence-electron chi connectivity index (χ3n) is 4.59. The molecule has 1 aliphatic heterocycles. The van der Waals surface area contributed by atoms with Crippen LogP contribution in [0, 0.1) is 12.7 Å². The molecule has 1 N–H and O–H groups in total. The van der Waals surface area contributed by atoms with Gasteiger partial charge in [-0.3, -0.25) is 14.7 Å². The summed E-state index contributed by atoms with van der Waals surface area (Å²) < 4.78 is 14.2. The van der Waals surface area contributed by atoms with Crippen LogP contribution < -0.4 is 5.32 Å². The highest BCUT2D eigenvalue weighted by Crippen LogP contribution is 2.27. The second kappa shape index (κ2) is 7.36. The normalized spacial score (nSPS) is 15.9. The van der Waals surface area contributed by atoms with Crippen molar-refractivity contribution in [1.82, 2.24) is 29.7 Å². The fraction of sp³-hybridized carbons (Fsp3) is 0.389. The molecule has 10 heteroatoms. The number of pyridine rings is 1. The van der Waals surface area contributed by atoms with Crippen molar-refractivity contribution in [2.24, 2.45) is 0 Å². The van der Waals surface area contributed by atoms with E-state index in [-0.39, 0.29) is 17.9 Å². The number of rotatable bonds is 4. The maximum absolute atomic E-state index is 13.5. The molecule has 1 amide bonds. The summed E-state index contributed by atoms with van der Waals surface area (Å²) in [6.45, 7) is 5.78. The van der Waals surface area contributed by atoms with E-state index >= 15 is 0 Å². The number of nitrogens with zero attached hydrogens (tertiary/aromatic N) is 6. The first-order valence-corrected chi connectivity index (χ1v) is 9.72. The number of aryl methyl sites for hydroxylation is 1. The number of aromatic nitrogens is 4. The molecule has 1 fully saturated rings. The molecule has 4 heterocycles. The summed E-state index contributed by atoms with van der Waals surface area (Å²) in [6.07, 6.45) is 2.74. The van der Waals surface area contributed by atoms with Crippen molar-refractivity contribution in [3.05, 3.63) is 40.5 Å². The number of amides is 1. The lowest BCUT2D eigenvalue weighted by molar-refractivity contribution is 0.0768. The van der Waals surface area contributed by atoms with Crippen LogP contribution in [0.25, 0.3) is 10.3 Å². The van der Waals surface area contributed by atoms with Crippen LogP contribution in [0.15, 0.2) is 18.5 Å². The second-order valence-electron chi connectivity index (χ2n) is 6.87. The smallest absolute Gasteiger partial charge is 0.275 e. The highest BCUT2D eigenvalue weighted by molar-refractivity contribution is 7.18. The number of carbonyl (C=O) groups is 1. The highest BCUT2D eigenvalue weighted by Gasteiger charge is 2.27. The molecule has 0 spiro atoms. The topological polar surface area (TPSA) is 87.1 Å². The molecule has 1 saturated heterocycles. The molecule has 0 radical (unpaired) electrons. The van der Waals surface area contributed by atoms with Crippen LogP contribution >= 0.6 is 11.3 Å². The molecule has 8 nitrogen and oxygen atoms in total. The van der Waals surface area contributed by atoms with Gasteiger partial charge in [0.15, 0.2) is 11.3 Å². The van der Waals surface area contributed by atoms with Crippen molar-refractivity contribution in [2.45, 2.75) is 19.9 Å². The lowest BCUT2D eigenvalue weighted by atomic mass is 10.1. The van der Waals surface area contributed by atoms with Gasteiger partial charge in [0.1, 0.15) is 10.5 Å². The Morgan fingerprint density at radius 2 is 2.11 bits per heavy atom. The van der Waals surface area contributed by atoms with E-state index in [4.69, 9.17) is 0 Å². The van der Waals surface area contributed by atoms with Gasteiger partial charge in [0, 0.05) is 19.3 Å². The first kappa shape index (κ1) is 18.6. The number of hydrogen-bond acceptors (Lipinski definition) is 8. The van der Waals surface area contributed by atoms with Crippen molar-refractivity contribution in [2.75, 3.05) is 32.1 Å². The molecule has 3 aromatic rings. The number of thiazole rings is 1. The molecule has 0 aromatic carbocycles. The van der Waals surface area contributed by atoms with Gasteiger partial charge >= 0.3 is 0 Å². The SMILES string of the molecule is Cc1nc2nc(N[C@@H](C)c3cncc(F)c3)nc(C(=O)N3CCN(C)C3)c2s1. The Labute approximate surface area is 165 Å². The van der Waals surface area contributed by atoms with Gasteiger partial charge in [-0.1, -0.05) is 0 Å². The molecule has 0 saturated carbocycles. The van der Waals surface area contributed by atoms with Crippen molar-refractivity contribution in [3.8, 4) is 0 Å². The minimum absolute atomic E-state index is 0.136. The summed E-state index contributed by atoms with van der Waals surface area (Å²) in [5, 5.41) is 3.95. The van der Waals surface area contributed by atoms with Gasteiger partial charge in [-0.05, 0) is 32.5 Å². The van der Waals surface area contributed by atoms with E-state index in [1.54, 1.807) is 11.1 Å². The average molecular weight is 401 g/mol. The monoisotopic (exact) mass is 401 g/mol. The summed E-state index contributed by atoms with van der Waals surface area (Å²) in [5.74, 6) is -0.263. The average Bonchev–Trinajstić information content (AvgIpc) is 3.25. The molecule has 1 aliphatic rings. The van der Waals surface area contributed by atoms with Crippen LogP contribution in [-0.2, 0) is 0 Å². The van der Waals surface area contributed by atoms with Crippen molar-refractivity contribution < 1.29 is 9.18 Å². The Morgan fingerprint density at radius 1 is 1.29 bits per heavy atom. The quantitative estimate of drug-likeness (QED) is 0.718. The zero-order chi connectivity index (χ0) is 19.8. The number of nitrogens with one attached hydrogen (secondary N) is 1. The molecular formula is C18H20FN7OS. The molecule has 1 atom stereocenters. The Balaban J connectivity index is 1.68. The van der Waals surface area contributed by atoms with Crippen LogP contribution in [0.3, 0.4) is 0 Å². The Kier molecular flexibility index (Phi) is 4.90. The zero-order valence-corrected chi connectivity index (χ0v) is 16.6. The van der Waals surface area contributed by atoms with Crippen LogP contribution in [0.2, 0.25) is 0 Å². The highest BCUT2D eigenvalue weighted by atomic mass is 32.1. The minimum Gasteiger partial charge on any atom is -0.348 e. The number of anilines is 1. The lowest BCUT2D eigenvalue weighted by Gasteiger charge is -2.17. The van der Waals surface area contributed by atoms with E-state index in [9.17, 15) is 9.18 Å². The Bertz CT molecular complexity index is 1040. The van der Waals surface area contributed by atoms with Gasteiger partial charge in [0.2, 0.25) is 5.95 Å². The second-order valence-corrected chi connectivity index (χ2v) is 8.08. The predicted octanol–water partition coefficient (Wildman–Crippen LogP) is 2.45.